The summed E-state index contributed by atoms with van der Waals surface area (Å²) >= 11 is 6.31. The number of benzene rings is 1. The van der Waals surface area contributed by atoms with Gasteiger partial charge in [0.15, 0.2) is 11.5 Å². The SMILES string of the molecule is CCN(Cc1cc(Cl)c2c(c1)OCCCO2)CC(C)(C)O. The van der Waals surface area contributed by atoms with E-state index in [0.717, 1.165) is 25.1 Å². The quantitative estimate of drug-likeness (QED) is 0.907. The van der Waals surface area contributed by atoms with Gasteiger partial charge in [-0.1, -0.05) is 18.5 Å². The fourth-order valence-corrected chi connectivity index (χ4v) is 2.75. The molecule has 1 aliphatic rings. The van der Waals surface area contributed by atoms with Gasteiger partial charge in [-0.3, -0.25) is 4.90 Å². The van der Waals surface area contributed by atoms with Gasteiger partial charge in [0.25, 0.3) is 0 Å². The number of ether oxygens (including phenoxy) is 2. The van der Waals surface area contributed by atoms with E-state index in [1.807, 2.05) is 26.0 Å². The van der Waals surface area contributed by atoms with E-state index in [1.165, 1.54) is 0 Å². The number of hydrogen-bond acceptors (Lipinski definition) is 4. The maximum Gasteiger partial charge on any atom is 0.179 e. The van der Waals surface area contributed by atoms with Crippen LogP contribution in [0.3, 0.4) is 0 Å². The van der Waals surface area contributed by atoms with Crippen molar-refractivity contribution in [2.45, 2.75) is 39.3 Å². The maximum absolute atomic E-state index is 9.97. The molecule has 1 aromatic rings. The monoisotopic (exact) mass is 313 g/mol. The Morgan fingerprint density at radius 2 is 2.00 bits per heavy atom. The van der Waals surface area contributed by atoms with E-state index in [-0.39, 0.29) is 0 Å². The minimum Gasteiger partial charge on any atom is -0.489 e. The minimum absolute atomic E-state index is 0.587. The Bertz CT molecular complexity index is 485. The van der Waals surface area contributed by atoms with Crippen molar-refractivity contribution in [3.63, 3.8) is 0 Å². The van der Waals surface area contributed by atoms with Crippen LogP contribution < -0.4 is 9.47 Å². The number of aliphatic hydroxyl groups is 1. The topological polar surface area (TPSA) is 41.9 Å². The highest BCUT2D eigenvalue weighted by atomic mass is 35.5. The van der Waals surface area contributed by atoms with Gasteiger partial charge >= 0.3 is 0 Å². The van der Waals surface area contributed by atoms with Gasteiger partial charge in [-0.25, -0.2) is 0 Å². The first-order valence-electron chi connectivity index (χ1n) is 7.42. The number of likely N-dealkylation sites (N-methyl/N-ethyl adjacent to an activating group) is 1. The Hall–Kier alpha value is -0.970. The largest absolute Gasteiger partial charge is 0.489 e. The number of nitrogens with zero attached hydrogens (tertiary/aromatic N) is 1. The molecule has 0 amide bonds. The van der Waals surface area contributed by atoms with Crippen LogP contribution in [0.5, 0.6) is 11.5 Å². The van der Waals surface area contributed by atoms with E-state index in [1.54, 1.807) is 0 Å². The lowest BCUT2D eigenvalue weighted by molar-refractivity contribution is 0.0353. The Morgan fingerprint density at radius 1 is 1.29 bits per heavy atom. The van der Waals surface area contributed by atoms with E-state index in [0.29, 0.717) is 36.3 Å². The fraction of sp³-hybridized carbons (Fsp3) is 0.625. The van der Waals surface area contributed by atoms with Gasteiger partial charge in [0, 0.05) is 19.5 Å². The normalized spacial score (nSPS) is 15.1. The number of rotatable bonds is 5. The van der Waals surface area contributed by atoms with Crippen molar-refractivity contribution in [1.82, 2.24) is 4.90 Å². The first-order chi connectivity index (χ1) is 9.89. The van der Waals surface area contributed by atoms with Crippen molar-refractivity contribution in [3.05, 3.63) is 22.7 Å². The predicted molar refractivity (Wildman–Crippen MR) is 84.3 cm³/mol. The third kappa shape index (κ3) is 4.77. The van der Waals surface area contributed by atoms with Gasteiger partial charge in [0.2, 0.25) is 0 Å². The highest BCUT2D eigenvalue weighted by Gasteiger charge is 2.20. The number of hydrogen-bond donors (Lipinski definition) is 1. The van der Waals surface area contributed by atoms with Crippen molar-refractivity contribution >= 4 is 11.6 Å². The third-order valence-corrected chi connectivity index (χ3v) is 3.61. The molecule has 5 heteroatoms. The predicted octanol–water partition coefficient (Wildman–Crippen LogP) is 3.09. The highest BCUT2D eigenvalue weighted by molar-refractivity contribution is 6.32. The highest BCUT2D eigenvalue weighted by Crippen LogP contribution is 2.38. The molecule has 1 heterocycles. The molecule has 0 saturated carbocycles. The number of fused-ring (bicyclic) bond motifs is 1. The summed E-state index contributed by atoms with van der Waals surface area (Å²) in [7, 11) is 0. The van der Waals surface area contributed by atoms with Crippen LogP contribution in [0.1, 0.15) is 32.8 Å². The molecule has 0 unspecified atom stereocenters. The molecule has 0 radical (unpaired) electrons. The summed E-state index contributed by atoms with van der Waals surface area (Å²) in [6, 6.07) is 3.90. The molecular weight excluding hydrogens is 290 g/mol. The van der Waals surface area contributed by atoms with Crippen molar-refractivity contribution in [2.24, 2.45) is 0 Å². The molecule has 0 fully saturated rings. The van der Waals surface area contributed by atoms with Crippen LogP contribution in [0.4, 0.5) is 0 Å². The van der Waals surface area contributed by atoms with Crippen molar-refractivity contribution < 1.29 is 14.6 Å². The standard InChI is InChI=1S/C16H24ClNO3/c1-4-18(11-16(2,3)19)10-12-8-13(17)15-14(9-12)20-6-5-7-21-15/h8-9,19H,4-7,10-11H2,1-3H3. The van der Waals surface area contributed by atoms with Crippen LogP contribution in [0.2, 0.25) is 5.02 Å². The van der Waals surface area contributed by atoms with Gasteiger partial charge in [0.1, 0.15) is 0 Å². The lowest BCUT2D eigenvalue weighted by Crippen LogP contribution is -2.38. The van der Waals surface area contributed by atoms with Gasteiger partial charge in [0.05, 0.1) is 23.8 Å². The molecule has 2 rings (SSSR count). The lowest BCUT2D eigenvalue weighted by Gasteiger charge is -2.28. The summed E-state index contributed by atoms with van der Waals surface area (Å²) in [4.78, 5) is 2.18. The lowest BCUT2D eigenvalue weighted by atomic mass is 10.1. The zero-order valence-corrected chi connectivity index (χ0v) is 13.7. The van der Waals surface area contributed by atoms with Gasteiger partial charge in [-0.05, 0) is 38.1 Å². The molecule has 0 aliphatic carbocycles. The molecule has 1 N–H and O–H groups in total. The third-order valence-electron chi connectivity index (χ3n) is 3.33. The zero-order chi connectivity index (χ0) is 15.5. The summed E-state index contributed by atoms with van der Waals surface area (Å²) in [6.45, 7) is 9.17. The van der Waals surface area contributed by atoms with Crippen LogP contribution in [-0.2, 0) is 6.54 Å². The van der Waals surface area contributed by atoms with E-state index >= 15 is 0 Å². The van der Waals surface area contributed by atoms with Gasteiger partial charge < -0.3 is 14.6 Å². The van der Waals surface area contributed by atoms with E-state index in [4.69, 9.17) is 21.1 Å². The molecule has 0 atom stereocenters. The summed E-state index contributed by atoms with van der Waals surface area (Å²) in [5, 5.41) is 10.6. The zero-order valence-electron chi connectivity index (χ0n) is 13.0. The Labute approximate surface area is 131 Å². The summed E-state index contributed by atoms with van der Waals surface area (Å²) in [5.74, 6) is 1.36. The molecule has 0 spiro atoms. The molecule has 21 heavy (non-hydrogen) atoms. The van der Waals surface area contributed by atoms with Crippen molar-refractivity contribution in [1.29, 1.82) is 0 Å². The summed E-state index contributed by atoms with van der Waals surface area (Å²) in [6.07, 6.45) is 0.861. The molecule has 0 aromatic heterocycles. The first kappa shape index (κ1) is 16.4. The first-order valence-corrected chi connectivity index (χ1v) is 7.79. The summed E-state index contributed by atoms with van der Waals surface area (Å²) < 4.78 is 11.3. The minimum atomic E-state index is -0.717. The van der Waals surface area contributed by atoms with Crippen LogP contribution in [-0.4, -0.2) is 41.9 Å². The van der Waals surface area contributed by atoms with Crippen molar-refractivity contribution in [2.75, 3.05) is 26.3 Å². The van der Waals surface area contributed by atoms with E-state index in [2.05, 4.69) is 11.8 Å². The number of halogens is 1. The average Bonchev–Trinajstić information content (AvgIpc) is 2.62. The Kier molecular flexibility index (Phi) is 5.36. The van der Waals surface area contributed by atoms with E-state index in [9.17, 15) is 5.11 Å². The summed E-state index contributed by atoms with van der Waals surface area (Å²) in [5.41, 5.74) is 0.348. The van der Waals surface area contributed by atoms with Gasteiger partial charge in [-0.15, -0.1) is 0 Å². The Morgan fingerprint density at radius 3 is 2.67 bits per heavy atom. The second kappa shape index (κ2) is 6.86. The molecule has 1 aromatic carbocycles. The van der Waals surface area contributed by atoms with Crippen LogP contribution in [0.15, 0.2) is 12.1 Å². The molecule has 118 valence electrons. The second-order valence-electron chi connectivity index (χ2n) is 6.07. The average molecular weight is 314 g/mol. The van der Waals surface area contributed by atoms with Crippen molar-refractivity contribution in [3.8, 4) is 11.5 Å². The molecule has 4 nitrogen and oxygen atoms in total. The molecular formula is C16H24ClNO3. The second-order valence-corrected chi connectivity index (χ2v) is 6.48. The molecule has 0 saturated heterocycles. The fourth-order valence-electron chi connectivity index (χ4n) is 2.46. The smallest absolute Gasteiger partial charge is 0.179 e. The van der Waals surface area contributed by atoms with Crippen LogP contribution in [0.25, 0.3) is 0 Å². The van der Waals surface area contributed by atoms with E-state index < -0.39 is 5.60 Å². The molecule has 0 bridgehead atoms. The van der Waals surface area contributed by atoms with Crippen LogP contribution in [0, 0.1) is 0 Å². The van der Waals surface area contributed by atoms with Gasteiger partial charge in [-0.2, -0.15) is 0 Å². The molecule has 1 aliphatic heterocycles. The maximum atomic E-state index is 9.97. The van der Waals surface area contributed by atoms with Crippen LogP contribution >= 0.6 is 11.6 Å². The Balaban J connectivity index is 2.16.